The number of methoxy groups -OCH3 is 1. The molecule has 1 saturated carbocycles. The Hall–Kier alpha value is -0.120. The Morgan fingerprint density at radius 2 is 2.00 bits per heavy atom. The number of rotatable bonds is 7. The highest BCUT2D eigenvalue weighted by Crippen LogP contribution is 2.39. The van der Waals surface area contributed by atoms with Crippen molar-refractivity contribution in [1.82, 2.24) is 4.90 Å². The van der Waals surface area contributed by atoms with Crippen molar-refractivity contribution < 1.29 is 4.74 Å². The van der Waals surface area contributed by atoms with Crippen molar-refractivity contribution in [3.63, 3.8) is 0 Å². The molecule has 0 amide bonds. The van der Waals surface area contributed by atoms with E-state index in [2.05, 4.69) is 25.7 Å². The average Bonchev–Trinajstić information content (AvgIpc) is 2.39. The summed E-state index contributed by atoms with van der Waals surface area (Å²) in [5.41, 5.74) is 6.45. The fourth-order valence-electron chi connectivity index (χ4n) is 3.16. The second-order valence-corrected chi connectivity index (χ2v) is 6.25. The van der Waals surface area contributed by atoms with Gasteiger partial charge in [-0.15, -0.1) is 0 Å². The molecule has 0 aromatic carbocycles. The lowest BCUT2D eigenvalue weighted by atomic mass is 9.70. The first-order valence-electron chi connectivity index (χ1n) is 7.50. The molecular weight excluding hydrogens is 224 g/mol. The quantitative estimate of drug-likeness (QED) is 0.760. The molecule has 0 aliphatic heterocycles. The summed E-state index contributed by atoms with van der Waals surface area (Å²) in [5.74, 6) is 0.885. The summed E-state index contributed by atoms with van der Waals surface area (Å²) in [6.45, 7) is 10.7. The third-order valence-corrected chi connectivity index (χ3v) is 4.74. The summed E-state index contributed by atoms with van der Waals surface area (Å²) in [6.07, 6.45) is 5.27. The van der Waals surface area contributed by atoms with Gasteiger partial charge in [0.2, 0.25) is 0 Å². The van der Waals surface area contributed by atoms with E-state index in [4.69, 9.17) is 10.5 Å². The number of hydrogen-bond acceptors (Lipinski definition) is 3. The Bertz CT molecular complexity index is 225. The van der Waals surface area contributed by atoms with Gasteiger partial charge in [0, 0.05) is 19.7 Å². The molecule has 0 radical (unpaired) electrons. The lowest BCUT2D eigenvalue weighted by molar-refractivity contribution is 0.0456. The maximum absolute atomic E-state index is 6.10. The number of hydrogen-bond donors (Lipinski definition) is 1. The van der Waals surface area contributed by atoms with Crippen molar-refractivity contribution in [2.24, 2.45) is 17.1 Å². The molecule has 1 rings (SSSR count). The van der Waals surface area contributed by atoms with Crippen molar-refractivity contribution in [2.75, 3.05) is 33.4 Å². The minimum atomic E-state index is 0.352. The Kier molecular flexibility index (Phi) is 6.61. The van der Waals surface area contributed by atoms with E-state index < -0.39 is 0 Å². The molecule has 0 aromatic heterocycles. The zero-order valence-electron chi connectivity index (χ0n) is 12.7. The van der Waals surface area contributed by atoms with Crippen LogP contribution in [0, 0.1) is 11.3 Å². The van der Waals surface area contributed by atoms with Gasteiger partial charge in [0.25, 0.3) is 0 Å². The van der Waals surface area contributed by atoms with Crippen LogP contribution in [0.5, 0.6) is 0 Å². The fourth-order valence-corrected chi connectivity index (χ4v) is 3.16. The largest absolute Gasteiger partial charge is 0.383 e. The van der Waals surface area contributed by atoms with E-state index in [1.807, 2.05) is 0 Å². The highest BCUT2D eigenvalue weighted by Gasteiger charge is 2.35. The summed E-state index contributed by atoms with van der Waals surface area (Å²) >= 11 is 0. The van der Waals surface area contributed by atoms with Crippen LogP contribution in [-0.2, 0) is 4.74 Å². The van der Waals surface area contributed by atoms with Crippen LogP contribution in [-0.4, -0.2) is 44.3 Å². The normalized spacial score (nSPS) is 30.7. The topological polar surface area (TPSA) is 38.5 Å². The second kappa shape index (κ2) is 7.46. The van der Waals surface area contributed by atoms with Gasteiger partial charge in [-0.3, -0.25) is 4.90 Å². The maximum Gasteiger partial charge on any atom is 0.0615 e. The molecule has 1 unspecified atom stereocenters. The minimum Gasteiger partial charge on any atom is -0.383 e. The van der Waals surface area contributed by atoms with Gasteiger partial charge in [0.05, 0.1) is 6.61 Å². The van der Waals surface area contributed by atoms with Crippen molar-refractivity contribution >= 4 is 0 Å². The molecule has 1 fully saturated rings. The zero-order valence-corrected chi connectivity index (χ0v) is 12.7. The highest BCUT2D eigenvalue weighted by atomic mass is 16.5. The van der Waals surface area contributed by atoms with Gasteiger partial charge in [-0.05, 0) is 44.2 Å². The zero-order chi connectivity index (χ0) is 13.6. The van der Waals surface area contributed by atoms with Crippen LogP contribution in [0.4, 0.5) is 0 Å². The molecule has 0 aromatic rings. The van der Waals surface area contributed by atoms with E-state index >= 15 is 0 Å². The fraction of sp³-hybridized carbons (Fsp3) is 1.00. The summed E-state index contributed by atoms with van der Waals surface area (Å²) in [4.78, 5) is 2.53. The Morgan fingerprint density at radius 3 is 2.44 bits per heavy atom. The molecule has 3 heteroatoms. The molecule has 0 bridgehead atoms. The monoisotopic (exact) mass is 256 g/mol. The van der Waals surface area contributed by atoms with Crippen molar-refractivity contribution in [2.45, 2.75) is 52.5 Å². The molecule has 0 spiro atoms. The van der Waals surface area contributed by atoms with Crippen LogP contribution in [0.1, 0.15) is 46.5 Å². The number of nitrogens with zero attached hydrogens (tertiary/aromatic N) is 1. The van der Waals surface area contributed by atoms with E-state index in [0.29, 0.717) is 11.5 Å². The van der Waals surface area contributed by atoms with Gasteiger partial charge in [-0.1, -0.05) is 26.7 Å². The summed E-state index contributed by atoms with van der Waals surface area (Å²) in [7, 11) is 1.78. The van der Waals surface area contributed by atoms with Crippen LogP contribution >= 0.6 is 0 Å². The van der Waals surface area contributed by atoms with Gasteiger partial charge in [0.1, 0.15) is 0 Å². The van der Waals surface area contributed by atoms with Crippen molar-refractivity contribution in [3.8, 4) is 0 Å². The summed E-state index contributed by atoms with van der Waals surface area (Å²) in [5, 5.41) is 0. The second-order valence-electron chi connectivity index (χ2n) is 6.25. The van der Waals surface area contributed by atoms with Crippen LogP contribution in [0.2, 0.25) is 0 Å². The average molecular weight is 256 g/mol. The van der Waals surface area contributed by atoms with E-state index in [-0.39, 0.29) is 0 Å². The van der Waals surface area contributed by atoms with E-state index in [0.717, 1.165) is 32.2 Å². The Balaban J connectivity index is 2.59. The standard InChI is InChI=1S/C15H32N2O/c1-5-17(14(3)10-18-4)12-15(11-16)8-6-13(2)7-9-15/h13-14H,5-12,16H2,1-4H3. The maximum atomic E-state index is 6.10. The first-order chi connectivity index (χ1) is 8.56. The predicted molar refractivity (Wildman–Crippen MR) is 77.7 cm³/mol. The van der Waals surface area contributed by atoms with Gasteiger partial charge in [0.15, 0.2) is 0 Å². The highest BCUT2D eigenvalue weighted by molar-refractivity contribution is 4.89. The lowest BCUT2D eigenvalue weighted by Gasteiger charge is -2.43. The Morgan fingerprint density at radius 1 is 1.39 bits per heavy atom. The van der Waals surface area contributed by atoms with Crippen LogP contribution < -0.4 is 5.73 Å². The SMILES string of the molecule is CCN(CC1(CN)CCC(C)CC1)C(C)COC. The van der Waals surface area contributed by atoms with Crippen LogP contribution in [0.25, 0.3) is 0 Å². The van der Waals surface area contributed by atoms with Gasteiger partial charge >= 0.3 is 0 Å². The van der Waals surface area contributed by atoms with Crippen molar-refractivity contribution in [3.05, 3.63) is 0 Å². The first-order valence-corrected chi connectivity index (χ1v) is 7.50. The molecule has 108 valence electrons. The van der Waals surface area contributed by atoms with Gasteiger partial charge in [-0.2, -0.15) is 0 Å². The number of likely N-dealkylation sites (N-methyl/N-ethyl adjacent to an activating group) is 1. The van der Waals surface area contributed by atoms with E-state index in [9.17, 15) is 0 Å². The van der Waals surface area contributed by atoms with E-state index in [1.54, 1.807) is 7.11 Å². The third-order valence-electron chi connectivity index (χ3n) is 4.74. The molecule has 18 heavy (non-hydrogen) atoms. The smallest absolute Gasteiger partial charge is 0.0615 e. The minimum absolute atomic E-state index is 0.352. The molecule has 1 aliphatic rings. The lowest BCUT2D eigenvalue weighted by Crippen LogP contribution is -2.48. The Labute approximate surface area is 113 Å². The molecular formula is C15H32N2O. The number of ether oxygens (including phenoxy) is 1. The molecule has 0 saturated heterocycles. The third kappa shape index (κ3) is 4.22. The molecule has 3 nitrogen and oxygen atoms in total. The van der Waals surface area contributed by atoms with Gasteiger partial charge in [-0.25, -0.2) is 0 Å². The van der Waals surface area contributed by atoms with Crippen molar-refractivity contribution in [1.29, 1.82) is 0 Å². The molecule has 0 heterocycles. The molecule has 2 N–H and O–H groups in total. The summed E-state index contributed by atoms with van der Waals surface area (Å²) < 4.78 is 5.29. The first kappa shape index (κ1) is 15.9. The van der Waals surface area contributed by atoms with Gasteiger partial charge < -0.3 is 10.5 Å². The summed E-state index contributed by atoms with van der Waals surface area (Å²) in [6, 6.07) is 0.489. The molecule has 1 atom stereocenters. The predicted octanol–water partition coefficient (Wildman–Crippen LogP) is 2.50. The van der Waals surface area contributed by atoms with E-state index in [1.165, 1.54) is 25.7 Å². The number of nitrogens with two attached hydrogens (primary N) is 1. The molecule has 1 aliphatic carbocycles. The van der Waals surface area contributed by atoms with Crippen LogP contribution in [0.3, 0.4) is 0 Å². The van der Waals surface area contributed by atoms with Crippen LogP contribution in [0.15, 0.2) is 0 Å².